The van der Waals surface area contributed by atoms with Crippen molar-refractivity contribution in [2.75, 3.05) is 5.73 Å². The van der Waals surface area contributed by atoms with E-state index in [1.165, 1.54) is 0 Å². The fourth-order valence-electron chi connectivity index (χ4n) is 2.09. The number of aryl methyl sites for hydroxylation is 2. The largest absolute Gasteiger partial charge is 0.398 e. The molecule has 88 valence electrons. The van der Waals surface area contributed by atoms with Crippen LogP contribution in [-0.4, -0.2) is 0 Å². The molecule has 0 aliphatic rings. The molecule has 1 unspecified atom stereocenters. The fraction of sp³-hybridized carbons (Fsp3) is 0.200. The van der Waals surface area contributed by atoms with E-state index in [-0.39, 0.29) is 6.04 Å². The highest BCUT2D eigenvalue weighted by atomic mass is 14.7. The fourth-order valence-corrected chi connectivity index (χ4v) is 2.09. The van der Waals surface area contributed by atoms with Crippen molar-refractivity contribution in [2.24, 2.45) is 5.73 Å². The van der Waals surface area contributed by atoms with Gasteiger partial charge in [-0.1, -0.05) is 42.5 Å². The lowest BCUT2D eigenvalue weighted by Crippen LogP contribution is -2.16. The van der Waals surface area contributed by atoms with Crippen molar-refractivity contribution in [1.82, 2.24) is 0 Å². The molecule has 0 spiro atoms. The molecule has 0 fully saturated rings. The van der Waals surface area contributed by atoms with Crippen molar-refractivity contribution in [3.05, 3.63) is 64.7 Å². The van der Waals surface area contributed by atoms with Crippen LogP contribution in [0.4, 0.5) is 5.69 Å². The Kier molecular flexibility index (Phi) is 3.16. The SMILES string of the molecule is Cc1ccc(C)c(C(N)c2ccccc2)c1N. The second-order valence-corrected chi connectivity index (χ2v) is 4.42. The second-order valence-electron chi connectivity index (χ2n) is 4.42. The zero-order chi connectivity index (χ0) is 12.4. The van der Waals surface area contributed by atoms with Crippen LogP contribution < -0.4 is 11.5 Å². The van der Waals surface area contributed by atoms with E-state index in [4.69, 9.17) is 11.5 Å². The van der Waals surface area contributed by atoms with Crippen molar-refractivity contribution in [3.8, 4) is 0 Å². The van der Waals surface area contributed by atoms with Crippen LogP contribution in [0.15, 0.2) is 42.5 Å². The number of anilines is 1. The Bertz CT molecular complexity index is 518. The molecule has 2 heteroatoms. The molecule has 4 N–H and O–H groups in total. The first-order valence-corrected chi connectivity index (χ1v) is 5.77. The smallest absolute Gasteiger partial charge is 0.0574 e. The van der Waals surface area contributed by atoms with Gasteiger partial charge in [0.15, 0.2) is 0 Å². The topological polar surface area (TPSA) is 52.0 Å². The molecular weight excluding hydrogens is 208 g/mol. The highest BCUT2D eigenvalue weighted by molar-refractivity contribution is 5.59. The summed E-state index contributed by atoms with van der Waals surface area (Å²) in [5, 5.41) is 0. The molecule has 0 amide bonds. The van der Waals surface area contributed by atoms with Crippen molar-refractivity contribution in [1.29, 1.82) is 0 Å². The van der Waals surface area contributed by atoms with E-state index >= 15 is 0 Å². The van der Waals surface area contributed by atoms with Crippen LogP contribution in [0.1, 0.15) is 28.3 Å². The van der Waals surface area contributed by atoms with Crippen molar-refractivity contribution in [2.45, 2.75) is 19.9 Å². The molecule has 0 radical (unpaired) electrons. The molecule has 17 heavy (non-hydrogen) atoms. The number of hydrogen-bond acceptors (Lipinski definition) is 2. The summed E-state index contributed by atoms with van der Waals surface area (Å²) in [4.78, 5) is 0. The Morgan fingerprint density at radius 2 is 1.47 bits per heavy atom. The van der Waals surface area contributed by atoms with E-state index in [0.29, 0.717) is 0 Å². The van der Waals surface area contributed by atoms with Crippen molar-refractivity contribution < 1.29 is 0 Å². The van der Waals surface area contributed by atoms with E-state index < -0.39 is 0 Å². The van der Waals surface area contributed by atoms with Crippen LogP contribution in [0.3, 0.4) is 0 Å². The van der Waals surface area contributed by atoms with Gasteiger partial charge < -0.3 is 11.5 Å². The number of nitrogen functional groups attached to an aromatic ring is 1. The number of nitrogens with two attached hydrogens (primary N) is 2. The Morgan fingerprint density at radius 1 is 0.882 bits per heavy atom. The van der Waals surface area contributed by atoms with Gasteiger partial charge in [-0.3, -0.25) is 0 Å². The lowest BCUT2D eigenvalue weighted by atomic mass is 9.92. The van der Waals surface area contributed by atoms with Crippen LogP contribution in [-0.2, 0) is 0 Å². The van der Waals surface area contributed by atoms with E-state index in [2.05, 4.69) is 6.07 Å². The normalized spacial score (nSPS) is 12.4. The monoisotopic (exact) mass is 226 g/mol. The molecule has 0 aliphatic heterocycles. The highest BCUT2D eigenvalue weighted by Gasteiger charge is 2.15. The average molecular weight is 226 g/mol. The Morgan fingerprint density at radius 3 is 2.12 bits per heavy atom. The third-order valence-corrected chi connectivity index (χ3v) is 3.19. The summed E-state index contributed by atoms with van der Waals surface area (Å²) in [6.45, 7) is 4.06. The summed E-state index contributed by atoms with van der Waals surface area (Å²) in [6.07, 6.45) is 0. The highest BCUT2D eigenvalue weighted by Crippen LogP contribution is 2.29. The second kappa shape index (κ2) is 4.60. The van der Waals surface area contributed by atoms with Gasteiger partial charge in [-0.05, 0) is 36.1 Å². The van der Waals surface area contributed by atoms with Gasteiger partial charge in [0.1, 0.15) is 0 Å². The molecule has 0 bridgehead atoms. The molecule has 0 heterocycles. The van der Waals surface area contributed by atoms with Gasteiger partial charge in [0.05, 0.1) is 6.04 Å². The summed E-state index contributed by atoms with van der Waals surface area (Å²) in [6, 6.07) is 14.0. The predicted octanol–water partition coefficient (Wildman–Crippen LogP) is 2.93. The Balaban J connectivity index is 2.51. The summed E-state index contributed by atoms with van der Waals surface area (Å²) >= 11 is 0. The zero-order valence-electron chi connectivity index (χ0n) is 10.3. The van der Waals surface area contributed by atoms with E-state index in [0.717, 1.165) is 27.9 Å². The molecule has 2 rings (SSSR count). The van der Waals surface area contributed by atoms with Crippen LogP contribution in [0.2, 0.25) is 0 Å². The predicted molar refractivity (Wildman–Crippen MR) is 72.8 cm³/mol. The molecule has 0 saturated carbocycles. The molecule has 2 aromatic carbocycles. The van der Waals surface area contributed by atoms with Gasteiger partial charge >= 0.3 is 0 Å². The van der Waals surface area contributed by atoms with Crippen molar-refractivity contribution >= 4 is 5.69 Å². The minimum atomic E-state index is -0.156. The minimum absolute atomic E-state index is 0.156. The first-order chi connectivity index (χ1) is 8.11. The molecular formula is C15H18N2. The third kappa shape index (κ3) is 2.17. The van der Waals surface area contributed by atoms with Gasteiger partial charge in [0.25, 0.3) is 0 Å². The van der Waals surface area contributed by atoms with Gasteiger partial charge in [-0.25, -0.2) is 0 Å². The third-order valence-electron chi connectivity index (χ3n) is 3.19. The van der Waals surface area contributed by atoms with Gasteiger partial charge in [0.2, 0.25) is 0 Å². The van der Waals surface area contributed by atoms with Gasteiger partial charge in [-0.15, -0.1) is 0 Å². The summed E-state index contributed by atoms with van der Waals surface area (Å²) in [5.41, 5.74) is 17.6. The van der Waals surface area contributed by atoms with Crippen LogP contribution in [0, 0.1) is 13.8 Å². The molecule has 2 aromatic rings. The Labute approximate surface area is 102 Å². The number of benzene rings is 2. The van der Waals surface area contributed by atoms with Gasteiger partial charge in [0, 0.05) is 5.69 Å². The molecule has 0 aromatic heterocycles. The number of hydrogen-bond donors (Lipinski definition) is 2. The molecule has 1 atom stereocenters. The zero-order valence-corrected chi connectivity index (χ0v) is 10.3. The molecule has 2 nitrogen and oxygen atoms in total. The maximum absolute atomic E-state index is 6.31. The molecule has 0 aliphatic carbocycles. The Hall–Kier alpha value is -1.80. The first kappa shape index (κ1) is 11.7. The summed E-state index contributed by atoms with van der Waals surface area (Å²) in [7, 11) is 0. The number of rotatable bonds is 2. The van der Waals surface area contributed by atoms with Crippen LogP contribution in [0.25, 0.3) is 0 Å². The van der Waals surface area contributed by atoms with Crippen molar-refractivity contribution in [3.63, 3.8) is 0 Å². The van der Waals surface area contributed by atoms with E-state index in [9.17, 15) is 0 Å². The average Bonchev–Trinajstić information content (AvgIpc) is 2.35. The van der Waals surface area contributed by atoms with Gasteiger partial charge in [-0.2, -0.15) is 0 Å². The quantitative estimate of drug-likeness (QED) is 0.773. The first-order valence-electron chi connectivity index (χ1n) is 5.77. The van der Waals surface area contributed by atoms with Crippen LogP contribution >= 0.6 is 0 Å². The summed E-state index contributed by atoms with van der Waals surface area (Å²) < 4.78 is 0. The molecule has 0 saturated heterocycles. The minimum Gasteiger partial charge on any atom is -0.398 e. The lowest BCUT2D eigenvalue weighted by molar-refractivity contribution is 0.863. The van der Waals surface area contributed by atoms with Crippen LogP contribution in [0.5, 0.6) is 0 Å². The van der Waals surface area contributed by atoms with E-state index in [1.807, 2.05) is 50.2 Å². The maximum Gasteiger partial charge on any atom is 0.0574 e. The maximum atomic E-state index is 6.31. The summed E-state index contributed by atoms with van der Waals surface area (Å²) in [5.74, 6) is 0. The standard InChI is InChI=1S/C15H18N2/c1-10-8-9-11(2)14(16)13(10)15(17)12-6-4-3-5-7-12/h3-9,15H,16-17H2,1-2H3. The lowest BCUT2D eigenvalue weighted by Gasteiger charge is -2.19. The van der Waals surface area contributed by atoms with E-state index in [1.54, 1.807) is 0 Å².